The molecule has 1 aliphatic heterocycles. The average molecular weight is 284 g/mol. The summed E-state index contributed by atoms with van der Waals surface area (Å²) >= 11 is 3.47. The molecule has 0 aliphatic carbocycles. The first-order valence-corrected chi connectivity index (χ1v) is 6.65. The van der Waals surface area contributed by atoms with E-state index in [4.69, 9.17) is 0 Å². The van der Waals surface area contributed by atoms with Crippen LogP contribution in [0.15, 0.2) is 28.7 Å². The zero-order chi connectivity index (χ0) is 11.4. The minimum Gasteiger partial charge on any atom is -0.389 e. The number of benzene rings is 1. The second kappa shape index (κ2) is 5.30. The molecular formula is C13H18BrNO. The van der Waals surface area contributed by atoms with E-state index in [1.165, 1.54) is 5.56 Å². The van der Waals surface area contributed by atoms with E-state index in [0.717, 1.165) is 43.2 Å². The average Bonchev–Trinajstić information content (AvgIpc) is 2.28. The number of aryl methyl sites for hydroxylation is 1. The zero-order valence-electron chi connectivity index (χ0n) is 9.38. The maximum atomic E-state index is 10.3. The van der Waals surface area contributed by atoms with Crippen molar-refractivity contribution < 1.29 is 5.11 Å². The van der Waals surface area contributed by atoms with Crippen molar-refractivity contribution in [3.63, 3.8) is 0 Å². The lowest BCUT2D eigenvalue weighted by Crippen LogP contribution is -2.45. The van der Waals surface area contributed by atoms with Crippen LogP contribution in [0.2, 0.25) is 0 Å². The number of hydrogen-bond donors (Lipinski definition) is 2. The first-order valence-electron chi connectivity index (χ1n) is 5.86. The third-order valence-corrected chi connectivity index (χ3v) is 3.71. The Labute approximate surface area is 105 Å². The summed E-state index contributed by atoms with van der Waals surface area (Å²) in [5.41, 5.74) is 0.786. The molecule has 1 aromatic carbocycles. The Kier molecular flexibility index (Phi) is 4.00. The smallest absolute Gasteiger partial charge is 0.0775 e. The molecule has 0 aromatic heterocycles. The van der Waals surface area contributed by atoms with Crippen LogP contribution in [0, 0.1) is 0 Å². The zero-order valence-corrected chi connectivity index (χ0v) is 11.0. The van der Waals surface area contributed by atoms with E-state index < -0.39 is 5.60 Å². The van der Waals surface area contributed by atoms with Crippen molar-refractivity contribution in [1.29, 1.82) is 0 Å². The SMILES string of the molecule is OC1(CCc2cccc(Br)c2)CCCNC1. The topological polar surface area (TPSA) is 32.3 Å². The van der Waals surface area contributed by atoms with Gasteiger partial charge in [0.15, 0.2) is 0 Å². The second-order valence-electron chi connectivity index (χ2n) is 4.63. The molecule has 0 bridgehead atoms. The summed E-state index contributed by atoms with van der Waals surface area (Å²) in [7, 11) is 0. The lowest BCUT2D eigenvalue weighted by atomic mass is 9.88. The van der Waals surface area contributed by atoms with Crippen molar-refractivity contribution in [2.45, 2.75) is 31.3 Å². The molecular weight excluding hydrogens is 266 g/mol. The van der Waals surface area contributed by atoms with Gasteiger partial charge in [-0.3, -0.25) is 0 Å². The van der Waals surface area contributed by atoms with E-state index >= 15 is 0 Å². The Hall–Kier alpha value is -0.380. The van der Waals surface area contributed by atoms with Crippen LogP contribution in [0.25, 0.3) is 0 Å². The summed E-state index contributed by atoms with van der Waals surface area (Å²) in [6, 6.07) is 8.31. The van der Waals surface area contributed by atoms with E-state index in [9.17, 15) is 5.11 Å². The van der Waals surface area contributed by atoms with E-state index in [-0.39, 0.29) is 0 Å². The normalized spacial score (nSPS) is 25.6. The van der Waals surface area contributed by atoms with Crippen LogP contribution in [-0.4, -0.2) is 23.8 Å². The summed E-state index contributed by atoms with van der Waals surface area (Å²) < 4.78 is 1.11. The maximum Gasteiger partial charge on any atom is 0.0775 e. The van der Waals surface area contributed by atoms with Crippen LogP contribution >= 0.6 is 15.9 Å². The van der Waals surface area contributed by atoms with E-state index in [1.54, 1.807) is 0 Å². The number of aliphatic hydroxyl groups is 1. The molecule has 0 spiro atoms. The van der Waals surface area contributed by atoms with Crippen LogP contribution in [0.1, 0.15) is 24.8 Å². The molecule has 1 fully saturated rings. The van der Waals surface area contributed by atoms with E-state index in [0.29, 0.717) is 0 Å². The highest BCUT2D eigenvalue weighted by atomic mass is 79.9. The summed E-state index contributed by atoms with van der Waals surface area (Å²) in [6.45, 7) is 1.78. The second-order valence-corrected chi connectivity index (χ2v) is 5.55. The fourth-order valence-electron chi connectivity index (χ4n) is 2.23. The Balaban J connectivity index is 1.91. The molecule has 1 unspecified atom stereocenters. The summed E-state index contributed by atoms with van der Waals surface area (Å²) in [5.74, 6) is 0. The molecule has 1 heterocycles. The van der Waals surface area contributed by atoms with Gasteiger partial charge >= 0.3 is 0 Å². The van der Waals surface area contributed by atoms with Crippen LogP contribution in [0.3, 0.4) is 0 Å². The van der Waals surface area contributed by atoms with E-state index in [1.807, 2.05) is 12.1 Å². The number of hydrogen-bond acceptors (Lipinski definition) is 2. The minimum absolute atomic E-state index is 0.499. The standard InChI is InChI=1S/C13H18BrNO/c14-12-4-1-3-11(9-12)5-7-13(16)6-2-8-15-10-13/h1,3-4,9,15-16H,2,5-8,10H2. The quantitative estimate of drug-likeness (QED) is 0.894. The van der Waals surface area contributed by atoms with Crippen LogP contribution in [-0.2, 0) is 6.42 Å². The van der Waals surface area contributed by atoms with Gasteiger partial charge in [-0.05, 0) is 49.9 Å². The van der Waals surface area contributed by atoms with Gasteiger partial charge in [0.2, 0.25) is 0 Å². The fraction of sp³-hybridized carbons (Fsp3) is 0.538. The first kappa shape index (κ1) is 12.1. The van der Waals surface area contributed by atoms with Crippen molar-refractivity contribution in [2.24, 2.45) is 0 Å². The van der Waals surface area contributed by atoms with Crippen molar-refractivity contribution in [3.8, 4) is 0 Å². The molecule has 1 aromatic rings. The molecule has 1 aliphatic rings. The third-order valence-electron chi connectivity index (χ3n) is 3.22. The maximum absolute atomic E-state index is 10.3. The number of nitrogens with one attached hydrogen (secondary N) is 1. The van der Waals surface area contributed by atoms with Gasteiger partial charge in [-0.15, -0.1) is 0 Å². The minimum atomic E-state index is -0.499. The first-order chi connectivity index (χ1) is 7.68. The van der Waals surface area contributed by atoms with E-state index in [2.05, 4.69) is 33.4 Å². The summed E-state index contributed by atoms with van der Waals surface area (Å²) in [5, 5.41) is 13.6. The van der Waals surface area contributed by atoms with Crippen molar-refractivity contribution in [1.82, 2.24) is 5.32 Å². The molecule has 0 saturated carbocycles. The van der Waals surface area contributed by atoms with Crippen LogP contribution < -0.4 is 5.32 Å². The van der Waals surface area contributed by atoms with Crippen LogP contribution in [0.5, 0.6) is 0 Å². The Bertz CT molecular complexity index is 348. The molecule has 16 heavy (non-hydrogen) atoms. The van der Waals surface area contributed by atoms with Gasteiger partial charge < -0.3 is 10.4 Å². The number of halogens is 1. The third kappa shape index (κ3) is 3.30. The summed E-state index contributed by atoms with van der Waals surface area (Å²) in [4.78, 5) is 0. The van der Waals surface area contributed by atoms with Gasteiger partial charge in [0.25, 0.3) is 0 Å². The van der Waals surface area contributed by atoms with Crippen molar-refractivity contribution >= 4 is 15.9 Å². The highest BCUT2D eigenvalue weighted by Gasteiger charge is 2.28. The molecule has 3 heteroatoms. The van der Waals surface area contributed by atoms with Crippen molar-refractivity contribution in [3.05, 3.63) is 34.3 Å². The predicted octanol–water partition coefficient (Wildman–Crippen LogP) is 2.50. The van der Waals surface area contributed by atoms with Crippen LogP contribution in [0.4, 0.5) is 0 Å². The number of piperidine rings is 1. The molecule has 1 saturated heterocycles. The van der Waals surface area contributed by atoms with Gasteiger partial charge in [-0.25, -0.2) is 0 Å². The van der Waals surface area contributed by atoms with Gasteiger partial charge in [0.1, 0.15) is 0 Å². The highest BCUT2D eigenvalue weighted by Crippen LogP contribution is 2.23. The monoisotopic (exact) mass is 283 g/mol. The van der Waals surface area contributed by atoms with Gasteiger partial charge in [0.05, 0.1) is 5.60 Å². The highest BCUT2D eigenvalue weighted by molar-refractivity contribution is 9.10. The molecule has 0 amide bonds. The summed E-state index contributed by atoms with van der Waals surface area (Å²) in [6.07, 6.45) is 3.79. The number of β-amino-alcohol motifs (C(OH)–C–C–N with tert-alkyl or cyclic N) is 1. The predicted molar refractivity (Wildman–Crippen MR) is 69.5 cm³/mol. The lowest BCUT2D eigenvalue weighted by Gasteiger charge is -2.32. The largest absolute Gasteiger partial charge is 0.389 e. The lowest BCUT2D eigenvalue weighted by molar-refractivity contribution is 0.00888. The molecule has 1 atom stereocenters. The molecule has 2 nitrogen and oxygen atoms in total. The Morgan fingerprint density at radius 3 is 3.00 bits per heavy atom. The van der Waals surface area contributed by atoms with Gasteiger partial charge in [-0.2, -0.15) is 0 Å². The fourth-order valence-corrected chi connectivity index (χ4v) is 2.68. The Morgan fingerprint density at radius 1 is 1.44 bits per heavy atom. The van der Waals surface area contributed by atoms with Gasteiger partial charge in [-0.1, -0.05) is 28.1 Å². The Morgan fingerprint density at radius 2 is 2.31 bits per heavy atom. The van der Waals surface area contributed by atoms with Gasteiger partial charge in [0, 0.05) is 11.0 Å². The molecule has 2 N–H and O–H groups in total. The number of rotatable bonds is 3. The van der Waals surface area contributed by atoms with Crippen molar-refractivity contribution in [2.75, 3.05) is 13.1 Å². The molecule has 88 valence electrons. The molecule has 2 rings (SSSR count). The molecule has 0 radical (unpaired) electrons.